The summed E-state index contributed by atoms with van der Waals surface area (Å²) in [5.41, 5.74) is 0.821. The molecule has 0 saturated carbocycles. The van der Waals surface area contributed by atoms with Gasteiger partial charge in [0, 0.05) is 0 Å². The van der Waals surface area contributed by atoms with Crippen molar-refractivity contribution in [3.8, 4) is 0 Å². The minimum Gasteiger partial charge on any atom is -1.00 e. The number of ether oxygens (including phenoxy) is 1. The highest BCUT2D eigenvalue weighted by atomic mass is 127. The highest BCUT2D eigenvalue weighted by molar-refractivity contribution is 7.91. The Morgan fingerprint density at radius 3 is 2.61 bits per heavy atom. The average molecular weight is 380 g/mol. The van der Waals surface area contributed by atoms with Gasteiger partial charge in [-0.15, -0.1) is 0 Å². The molecular weight excluding hydrogens is 367 g/mol. The van der Waals surface area contributed by atoms with Gasteiger partial charge in [-0.25, -0.2) is 8.42 Å². The number of hydrogen-bond acceptors (Lipinski definition) is 4. The highest BCUT2D eigenvalue weighted by Crippen LogP contribution is 2.18. The Hall–Kier alpha value is -0.670. The van der Waals surface area contributed by atoms with Gasteiger partial charge in [0.25, 0.3) is 0 Å². The predicted molar refractivity (Wildman–Crippen MR) is 62.8 cm³/mol. The lowest BCUT2D eigenvalue weighted by molar-refractivity contribution is -0.565. The van der Waals surface area contributed by atoms with Crippen LogP contribution in [0.25, 0.3) is 0 Å². The van der Waals surface area contributed by atoms with Crippen molar-refractivity contribution in [1.29, 1.82) is 0 Å². The summed E-state index contributed by atoms with van der Waals surface area (Å²) in [6, 6.07) is 10.0. The number of hydrogen-bond donors (Lipinski definition) is 1. The molecule has 2 fully saturated rings. The van der Waals surface area contributed by atoms with Gasteiger partial charge in [-0.1, -0.05) is 18.2 Å². The van der Waals surface area contributed by atoms with Crippen LogP contribution in [0, 0.1) is 0 Å². The van der Waals surface area contributed by atoms with Crippen LogP contribution in [0.4, 0.5) is 5.69 Å². The van der Waals surface area contributed by atoms with E-state index in [0.717, 1.165) is 5.69 Å². The maximum absolute atomic E-state index is 11.4. The third-order valence-electron chi connectivity index (χ3n) is 2.97. The first kappa shape index (κ1) is 13.8. The van der Waals surface area contributed by atoms with Gasteiger partial charge >= 0.3 is 6.02 Å². The lowest BCUT2D eigenvalue weighted by atomic mass is 10.2. The van der Waals surface area contributed by atoms with Crippen molar-refractivity contribution in [2.24, 2.45) is 4.99 Å². The number of nitrogens with zero attached hydrogens (tertiary/aromatic N) is 1. The standard InChI is InChI=1S/C11H12N2O3S.HI/c14-17(15)6-9-10(7-17)16-11(13-9)12-8-4-2-1-3-5-8;/h1-5,9-10H,6-7H2,(H,12,13);1H/t9-,10-;/m1./s1. The van der Waals surface area contributed by atoms with E-state index >= 15 is 0 Å². The molecule has 1 aromatic carbocycles. The molecule has 0 bridgehead atoms. The number of fused-ring (bicyclic) bond motifs is 1. The molecule has 18 heavy (non-hydrogen) atoms. The van der Waals surface area contributed by atoms with Crippen molar-refractivity contribution in [2.75, 3.05) is 11.5 Å². The zero-order chi connectivity index (χ0) is 11.9. The van der Waals surface area contributed by atoms with E-state index < -0.39 is 9.84 Å². The summed E-state index contributed by atoms with van der Waals surface area (Å²) in [7, 11) is -2.91. The van der Waals surface area contributed by atoms with Crippen molar-refractivity contribution < 1.29 is 42.4 Å². The lowest BCUT2D eigenvalue weighted by Gasteiger charge is -1.99. The number of sulfone groups is 1. The van der Waals surface area contributed by atoms with Crippen LogP contribution in [0.2, 0.25) is 0 Å². The molecule has 0 aromatic heterocycles. The molecule has 1 aromatic rings. The van der Waals surface area contributed by atoms with E-state index in [1.807, 2.05) is 35.6 Å². The van der Waals surface area contributed by atoms with Crippen molar-refractivity contribution in [3.63, 3.8) is 0 Å². The second-order valence-electron chi connectivity index (χ2n) is 4.35. The normalized spacial score (nSPS) is 30.6. The number of halogens is 1. The van der Waals surface area contributed by atoms with E-state index in [1.54, 1.807) is 0 Å². The van der Waals surface area contributed by atoms with Crippen LogP contribution in [0.5, 0.6) is 0 Å². The monoisotopic (exact) mass is 380 g/mol. The van der Waals surface area contributed by atoms with Gasteiger partial charge in [0.1, 0.15) is 11.8 Å². The summed E-state index contributed by atoms with van der Waals surface area (Å²) in [6.45, 7) is 0. The van der Waals surface area contributed by atoms with E-state index in [1.165, 1.54) is 0 Å². The van der Waals surface area contributed by atoms with Crippen molar-refractivity contribution >= 4 is 21.5 Å². The summed E-state index contributed by atoms with van der Waals surface area (Å²) < 4.78 is 28.3. The molecule has 0 unspecified atom stereocenters. The van der Waals surface area contributed by atoms with Crippen LogP contribution < -0.4 is 29.3 Å². The van der Waals surface area contributed by atoms with Gasteiger partial charge in [-0.05, 0) is 12.1 Å². The molecule has 5 nitrogen and oxygen atoms in total. The third-order valence-corrected chi connectivity index (χ3v) is 4.70. The van der Waals surface area contributed by atoms with Gasteiger partial charge in [0.2, 0.25) is 0 Å². The Morgan fingerprint density at radius 1 is 1.22 bits per heavy atom. The van der Waals surface area contributed by atoms with Crippen LogP contribution in [0.3, 0.4) is 0 Å². The summed E-state index contributed by atoms with van der Waals surface area (Å²) in [6.07, 6.45) is -0.234. The lowest BCUT2D eigenvalue weighted by Crippen LogP contribution is -3.00. The molecule has 2 aliphatic heterocycles. The maximum Gasteiger partial charge on any atom is 0.396 e. The van der Waals surface area contributed by atoms with Gasteiger partial charge in [-0.2, -0.15) is 4.99 Å². The van der Waals surface area contributed by atoms with E-state index in [9.17, 15) is 8.42 Å². The topological polar surface area (TPSA) is 72.3 Å². The first-order valence-electron chi connectivity index (χ1n) is 5.48. The second-order valence-corrected chi connectivity index (χ2v) is 6.50. The van der Waals surface area contributed by atoms with Gasteiger partial charge in [-0.3, -0.25) is 5.32 Å². The molecule has 98 valence electrons. The SMILES string of the molecule is O=S1(=O)C[C@H]2[NH2+]C(=Nc3ccccc3)O[C@@H]2C1.[I-]. The van der Waals surface area contributed by atoms with E-state index in [2.05, 4.69) is 4.99 Å². The highest BCUT2D eigenvalue weighted by Gasteiger charge is 2.48. The summed E-state index contributed by atoms with van der Waals surface area (Å²) in [5.74, 6) is 0.299. The molecule has 7 heteroatoms. The molecule has 2 aliphatic rings. The first-order chi connectivity index (χ1) is 8.12. The van der Waals surface area contributed by atoms with Crippen LogP contribution in [-0.4, -0.2) is 38.1 Å². The number of para-hydroxylation sites is 1. The Labute approximate surface area is 123 Å². The summed E-state index contributed by atoms with van der Waals surface area (Å²) in [4.78, 5) is 4.33. The summed E-state index contributed by atoms with van der Waals surface area (Å²) in [5, 5.41) is 1.82. The zero-order valence-corrected chi connectivity index (χ0v) is 12.5. The van der Waals surface area contributed by atoms with Crippen LogP contribution >= 0.6 is 0 Å². The Balaban J connectivity index is 0.00000120. The molecule has 0 aliphatic carbocycles. The van der Waals surface area contributed by atoms with Gasteiger partial charge < -0.3 is 28.7 Å². The van der Waals surface area contributed by atoms with Crippen LogP contribution in [0.15, 0.2) is 35.3 Å². The molecule has 2 atom stereocenters. The number of aliphatic imine (C=N–C) groups is 1. The quantitative estimate of drug-likeness (QED) is 0.513. The Kier molecular flexibility index (Phi) is 3.93. The molecule has 0 amide bonds. The molecule has 2 N–H and O–H groups in total. The number of benzene rings is 1. The van der Waals surface area contributed by atoms with Crippen molar-refractivity contribution in [3.05, 3.63) is 30.3 Å². The molecule has 0 spiro atoms. The van der Waals surface area contributed by atoms with E-state index in [4.69, 9.17) is 4.74 Å². The zero-order valence-electron chi connectivity index (χ0n) is 9.49. The fourth-order valence-electron chi connectivity index (χ4n) is 2.19. The molecule has 2 saturated heterocycles. The second kappa shape index (κ2) is 5.14. The van der Waals surface area contributed by atoms with Gasteiger partial charge in [0.15, 0.2) is 15.9 Å². The smallest absolute Gasteiger partial charge is 0.396 e. The number of nitrogens with two attached hydrogens (primary N) is 1. The summed E-state index contributed by atoms with van der Waals surface area (Å²) >= 11 is 0. The van der Waals surface area contributed by atoms with Crippen molar-refractivity contribution in [2.45, 2.75) is 12.1 Å². The van der Waals surface area contributed by atoms with Crippen LogP contribution in [-0.2, 0) is 14.6 Å². The fourth-order valence-corrected chi connectivity index (χ4v) is 4.04. The average Bonchev–Trinajstić information content (AvgIpc) is 2.72. The molecular formula is C11H13IN2O3S. The van der Waals surface area contributed by atoms with Crippen molar-refractivity contribution in [1.82, 2.24) is 0 Å². The Morgan fingerprint density at radius 2 is 1.94 bits per heavy atom. The largest absolute Gasteiger partial charge is 1.00 e. The number of amidine groups is 1. The van der Waals surface area contributed by atoms with E-state index in [-0.39, 0.29) is 47.6 Å². The minimum atomic E-state index is -2.91. The number of quaternary nitrogens is 1. The number of rotatable bonds is 1. The predicted octanol–water partition coefficient (Wildman–Crippen LogP) is -3.56. The van der Waals surface area contributed by atoms with E-state index in [0.29, 0.717) is 6.02 Å². The van der Waals surface area contributed by atoms with Crippen LogP contribution in [0.1, 0.15) is 0 Å². The third kappa shape index (κ3) is 2.83. The fraction of sp³-hybridized carbons (Fsp3) is 0.364. The first-order valence-corrected chi connectivity index (χ1v) is 7.30. The molecule has 3 rings (SSSR count). The Bertz CT molecular complexity index is 537. The maximum atomic E-state index is 11.4. The molecule has 2 heterocycles. The van der Waals surface area contributed by atoms with Gasteiger partial charge in [0.05, 0.1) is 11.4 Å². The minimum absolute atomic E-state index is 0. The molecule has 0 radical (unpaired) electrons.